The maximum atomic E-state index is 11.2. The lowest BCUT2D eigenvalue weighted by Gasteiger charge is -2.27. The number of rotatable bonds is 2. The van der Waals surface area contributed by atoms with Gasteiger partial charge in [0.1, 0.15) is 6.29 Å². The summed E-state index contributed by atoms with van der Waals surface area (Å²) < 4.78 is 0. The van der Waals surface area contributed by atoms with Crippen LogP contribution in [0.1, 0.15) is 42.6 Å². The van der Waals surface area contributed by atoms with Crippen molar-refractivity contribution in [3.8, 4) is 0 Å². The molecule has 1 aromatic rings. The van der Waals surface area contributed by atoms with Crippen LogP contribution in [0.25, 0.3) is 0 Å². The van der Waals surface area contributed by atoms with Crippen LogP contribution >= 0.6 is 11.6 Å². The molecular weight excluding hydrogens is 244 g/mol. The second kappa shape index (κ2) is 4.74. The first kappa shape index (κ1) is 13.1. The summed E-state index contributed by atoms with van der Waals surface area (Å²) in [6.45, 7) is 6.57. The highest BCUT2D eigenvalue weighted by Crippen LogP contribution is 2.42. The molecule has 18 heavy (non-hydrogen) atoms. The van der Waals surface area contributed by atoms with E-state index in [1.165, 1.54) is 5.57 Å². The van der Waals surface area contributed by atoms with Gasteiger partial charge in [0.25, 0.3) is 0 Å². The third kappa shape index (κ3) is 2.41. The van der Waals surface area contributed by atoms with Crippen molar-refractivity contribution in [2.24, 2.45) is 5.41 Å². The highest BCUT2D eigenvalue weighted by Gasteiger charge is 2.28. The molecule has 0 radical (unpaired) electrons. The lowest BCUT2D eigenvalue weighted by atomic mass is 9.77. The lowest BCUT2D eigenvalue weighted by Crippen LogP contribution is -2.15. The molecule has 1 nitrogen and oxygen atoms in total. The summed E-state index contributed by atoms with van der Waals surface area (Å²) in [4.78, 5) is 11.2. The number of carbonyl (C=O) groups is 1. The van der Waals surface area contributed by atoms with E-state index in [-0.39, 0.29) is 11.3 Å². The first-order valence-corrected chi connectivity index (χ1v) is 6.45. The molecule has 1 aromatic carbocycles. The second-order valence-corrected chi connectivity index (χ2v) is 6.06. The van der Waals surface area contributed by atoms with E-state index >= 15 is 0 Å². The quantitative estimate of drug-likeness (QED) is 0.700. The third-order valence-corrected chi connectivity index (χ3v) is 3.53. The van der Waals surface area contributed by atoms with Crippen LogP contribution in [0, 0.1) is 5.41 Å². The molecule has 0 aliphatic heterocycles. The summed E-state index contributed by atoms with van der Waals surface area (Å²) in [6.07, 6.45) is 7.23. The largest absolute Gasteiger partial charge is 0.298 e. The Morgan fingerprint density at radius 3 is 2.61 bits per heavy atom. The fourth-order valence-corrected chi connectivity index (χ4v) is 2.58. The fraction of sp³-hybridized carbons (Fsp3) is 0.312. The van der Waals surface area contributed by atoms with Crippen molar-refractivity contribution in [2.45, 2.75) is 26.7 Å². The molecule has 0 aromatic heterocycles. The zero-order valence-corrected chi connectivity index (χ0v) is 11.7. The molecule has 0 saturated heterocycles. The van der Waals surface area contributed by atoms with Crippen LogP contribution in [0.4, 0.5) is 0 Å². The minimum atomic E-state index is 0.0912. The minimum absolute atomic E-state index is 0.0912. The van der Waals surface area contributed by atoms with Gasteiger partial charge in [-0.15, -0.1) is 0 Å². The van der Waals surface area contributed by atoms with E-state index < -0.39 is 0 Å². The number of carbonyl (C=O) groups excluding carboxylic acids is 1. The van der Waals surface area contributed by atoms with Crippen LogP contribution in [0.5, 0.6) is 0 Å². The standard InChI is InChI=1S/C16H17ClO/c1-16(2,3)15-6-4-5-14(15)13-8-7-12(17)9-11(13)10-18/h4-10,14H,1-3H3. The van der Waals surface area contributed by atoms with Gasteiger partial charge in [0.05, 0.1) is 0 Å². The van der Waals surface area contributed by atoms with Gasteiger partial charge in [-0.1, -0.05) is 62.2 Å². The highest BCUT2D eigenvalue weighted by molar-refractivity contribution is 6.30. The van der Waals surface area contributed by atoms with E-state index in [1.54, 1.807) is 6.07 Å². The molecule has 0 amide bonds. The Hall–Kier alpha value is -1.34. The molecular formula is C16H17ClO. The van der Waals surface area contributed by atoms with Gasteiger partial charge < -0.3 is 0 Å². The number of halogens is 1. The Morgan fingerprint density at radius 1 is 1.28 bits per heavy atom. The van der Waals surface area contributed by atoms with Crippen LogP contribution in [0.3, 0.4) is 0 Å². The Labute approximate surface area is 113 Å². The first-order valence-electron chi connectivity index (χ1n) is 6.07. The minimum Gasteiger partial charge on any atom is -0.298 e. The maximum Gasteiger partial charge on any atom is 0.150 e. The van der Waals surface area contributed by atoms with Crippen LogP contribution in [-0.2, 0) is 0 Å². The summed E-state index contributed by atoms with van der Waals surface area (Å²) in [5, 5.41) is 0.601. The second-order valence-electron chi connectivity index (χ2n) is 5.63. The van der Waals surface area contributed by atoms with Gasteiger partial charge in [-0.25, -0.2) is 0 Å². The number of allylic oxidation sites excluding steroid dienone is 4. The topological polar surface area (TPSA) is 17.1 Å². The van der Waals surface area contributed by atoms with E-state index in [9.17, 15) is 4.79 Å². The SMILES string of the molecule is CC(C)(C)C1=CC=CC1c1ccc(Cl)cc1C=O. The van der Waals surface area contributed by atoms with Gasteiger partial charge >= 0.3 is 0 Å². The molecule has 0 saturated carbocycles. The Morgan fingerprint density at radius 2 is 2.00 bits per heavy atom. The van der Waals surface area contributed by atoms with Gasteiger partial charge in [0.2, 0.25) is 0 Å². The predicted octanol–water partition coefficient (Wildman–Crippen LogP) is 4.78. The van der Waals surface area contributed by atoms with Crippen molar-refractivity contribution in [3.63, 3.8) is 0 Å². The van der Waals surface area contributed by atoms with Crippen molar-refractivity contribution in [1.29, 1.82) is 0 Å². The maximum absolute atomic E-state index is 11.2. The molecule has 1 unspecified atom stereocenters. The van der Waals surface area contributed by atoms with Gasteiger partial charge in [-0.05, 0) is 23.1 Å². The smallest absolute Gasteiger partial charge is 0.150 e. The molecule has 1 aliphatic rings. The summed E-state index contributed by atoms with van der Waals surface area (Å²) in [5.41, 5.74) is 3.12. The number of hydrogen-bond acceptors (Lipinski definition) is 1. The van der Waals surface area contributed by atoms with E-state index in [0.29, 0.717) is 10.6 Å². The normalized spacial score (nSPS) is 18.9. The Kier molecular flexibility index (Phi) is 3.45. The molecule has 94 valence electrons. The molecule has 0 heterocycles. The summed E-state index contributed by atoms with van der Waals surface area (Å²) in [5.74, 6) is 0.183. The number of benzene rings is 1. The first-order chi connectivity index (χ1) is 8.43. The molecule has 0 N–H and O–H groups in total. The molecule has 2 rings (SSSR count). The van der Waals surface area contributed by atoms with E-state index in [4.69, 9.17) is 11.6 Å². The fourth-order valence-electron chi connectivity index (χ4n) is 2.40. The molecule has 0 bridgehead atoms. The van der Waals surface area contributed by atoms with Gasteiger partial charge in [0, 0.05) is 16.5 Å². The summed E-state index contributed by atoms with van der Waals surface area (Å²) in [6, 6.07) is 5.53. The lowest BCUT2D eigenvalue weighted by molar-refractivity contribution is 0.112. The molecule has 2 heteroatoms. The highest BCUT2D eigenvalue weighted by atomic mass is 35.5. The van der Waals surface area contributed by atoms with Gasteiger partial charge in [-0.3, -0.25) is 4.79 Å². The van der Waals surface area contributed by atoms with Crippen LogP contribution in [0.15, 0.2) is 42.0 Å². The van der Waals surface area contributed by atoms with Crippen LogP contribution < -0.4 is 0 Å². The Bertz CT molecular complexity index is 533. The zero-order valence-electron chi connectivity index (χ0n) is 10.9. The predicted molar refractivity (Wildman–Crippen MR) is 76.3 cm³/mol. The Balaban J connectivity index is 2.47. The summed E-state index contributed by atoms with van der Waals surface area (Å²) in [7, 11) is 0. The van der Waals surface area contributed by atoms with Gasteiger partial charge in [0.15, 0.2) is 0 Å². The molecule has 1 atom stereocenters. The number of hydrogen-bond donors (Lipinski definition) is 0. The van der Waals surface area contributed by atoms with Gasteiger partial charge in [-0.2, -0.15) is 0 Å². The van der Waals surface area contributed by atoms with Crippen molar-refractivity contribution >= 4 is 17.9 Å². The average molecular weight is 261 g/mol. The number of aldehydes is 1. The van der Waals surface area contributed by atoms with Crippen molar-refractivity contribution in [3.05, 3.63) is 58.1 Å². The van der Waals surface area contributed by atoms with E-state index in [2.05, 4.69) is 39.0 Å². The summed E-state index contributed by atoms with van der Waals surface area (Å²) >= 11 is 5.94. The molecule has 0 spiro atoms. The van der Waals surface area contributed by atoms with E-state index in [1.807, 2.05) is 12.1 Å². The zero-order chi connectivity index (χ0) is 13.3. The molecule has 0 fully saturated rings. The van der Waals surface area contributed by atoms with Crippen LogP contribution in [-0.4, -0.2) is 6.29 Å². The van der Waals surface area contributed by atoms with Crippen molar-refractivity contribution in [1.82, 2.24) is 0 Å². The average Bonchev–Trinajstić information content (AvgIpc) is 2.77. The van der Waals surface area contributed by atoms with Crippen molar-refractivity contribution in [2.75, 3.05) is 0 Å². The van der Waals surface area contributed by atoms with Crippen molar-refractivity contribution < 1.29 is 4.79 Å². The third-order valence-electron chi connectivity index (χ3n) is 3.29. The monoisotopic (exact) mass is 260 g/mol. The van der Waals surface area contributed by atoms with Crippen LogP contribution in [0.2, 0.25) is 5.02 Å². The molecule has 1 aliphatic carbocycles. The van der Waals surface area contributed by atoms with E-state index in [0.717, 1.165) is 11.8 Å².